The van der Waals surface area contributed by atoms with Crippen LogP contribution < -0.4 is 0 Å². The molecule has 1 aromatic carbocycles. The molecule has 0 aromatic heterocycles. The number of amides is 2. The van der Waals surface area contributed by atoms with E-state index in [0.29, 0.717) is 5.69 Å². The second kappa shape index (κ2) is 4.08. The molecular formula is C7H5N2OS2+. The van der Waals surface area contributed by atoms with Crippen LogP contribution in [0.15, 0.2) is 34.7 Å². The number of hydrogen-bond acceptors (Lipinski definition) is 3. The molecule has 2 amide bonds. The molecule has 0 atom stereocenters. The van der Waals surface area contributed by atoms with E-state index in [1.807, 2.05) is 6.07 Å². The Morgan fingerprint density at radius 3 is 2.42 bits per heavy atom. The van der Waals surface area contributed by atoms with Gasteiger partial charge in [0.2, 0.25) is 12.4 Å². The van der Waals surface area contributed by atoms with Gasteiger partial charge < -0.3 is 0 Å². The van der Waals surface area contributed by atoms with Crippen molar-refractivity contribution in [2.75, 3.05) is 0 Å². The van der Waals surface area contributed by atoms with Crippen LogP contribution in [-0.2, 0) is 24.9 Å². The topological polar surface area (TPSA) is 32.4 Å². The van der Waals surface area contributed by atoms with E-state index in [0.717, 1.165) is 3.95 Å². The van der Waals surface area contributed by atoms with E-state index in [-0.39, 0.29) is 0 Å². The second-order valence-corrected chi connectivity index (χ2v) is 2.55. The van der Waals surface area contributed by atoms with Crippen LogP contribution >= 0.6 is 0 Å². The average molecular weight is 197 g/mol. The normalized spacial score (nSPS) is 9.00. The van der Waals surface area contributed by atoms with Crippen molar-refractivity contribution in [1.29, 1.82) is 0 Å². The van der Waals surface area contributed by atoms with Crippen LogP contribution in [0.4, 0.5) is 10.5 Å². The Hall–Kier alpha value is -1.07. The summed E-state index contributed by atoms with van der Waals surface area (Å²) in [6.07, 6.45) is 0. The van der Waals surface area contributed by atoms with Crippen LogP contribution in [0.1, 0.15) is 0 Å². The zero-order chi connectivity index (χ0) is 8.97. The Kier molecular flexibility index (Phi) is 3.07. The molecule has 0 saturated heterocycles. The first-order valence-corrected chi connectivity index (χ1v) is 3.88. The van der Waals surface area contributed by atoms with Gasteiger partial charge >= 0.3 is 6.03 Å². The Bertz CT molecular complexity index is 323. The smallest absolute Gasteiger partial charge is 0.191 e. The first-order valence-electron chi connectivity index (χ1n) is 3.15. The SMILES string of the molecule is O=C(N=S)[N+](=S)c1ccccc1. The molecule has 3 nitrogen and oxygen atoms in total. The Morgan fingerprint density at radius 1 is 1.33 bits per heavy atom. The minimum absolute atomic E-state index is 0.603. The largest absolute Gasteiger partial charge is 0.571 e. The van der Waals surface area contributed by atoms with Crippen LogP contribution in [0.3, 0.4) is 0 Å². The van der Waals surface area contributed by atoms with Gasteiger partial charge in [-0.3, -0.25) is 0 Å². The van der Waals surface area contributed by atoms with Crippen LogP contribution in [0.2, 0.25) is 0 Å². The van der Waals surface area contributed by atoms with Gasteiger partial charge in [-0.25, -0.2) is 0 Å². The van der Waals surface area contributed by atoms with Gasteiger partial charge in [0.25, 0.3) is 0 Å². The number of carbonyl (C=O) groups excluding carboxylic acids is 1. The quantitative estimate of drug-likeness (QED) is 0.645. The molecule has 1 rings (SSSR count). The van der Waals surface area contributed by atoms with Crippen molar-refractivity contribution >= 4 is 36.6 Å². The fourth-order valence-corrected chi connectivity index (χ4v) is 1.01. The standard InChI is InChI=1S/C7H5N2OS2/c10-7(8-11)9(12)6-4-2-1-3-5-6/h1-5H/q+1. The van der Waals surface area contributed by atoms with E-state index in [9.17, 15) is 4.79 Å². The molecule has 0 aliphatic rings. The highest BCUT2D eigenvalue weighted by molar-refractivity contribution is 7.48. The minimum atomic E-state index is -0.605. The molecule has 60 valence electrons. The van der Waals surface area contributed by atoms with E-state index in [1.165, 1.54) is 0 Å². The molecule has 0 aliphatic heterocycles. The Morgan fingerprint density at radius 2 is 1.92 bits per heavy atom. The maximum Gasteiger partial charge on any atom is 0.571 e. The number of carbonyl (C=O) groups is 1. The number of hydrogen-bond donors (Lipinski definition) is 0. The summed E-state index contributed by atoms with van der Waals surface area (Å²) in [6, 6.07) is 8.22. The van der Waals surface area contributed by atoms with E-state index in [1.54, 1.807) is 24.3 Å². The molecule has 12 heavy (non-hydrogen) atoms. The lowest BCUT2D eigenvalue weighted by molar-refractivity contribution is -0.294. The highest BCUT2D eigenvalue weighted by atomic mass is 32.1. The van der Waals surface area contributed by atoms with E-state index < -0.39 is 6.03 Å². The van der Waals surface area contributed by atoms with Crippen LogP contribution in [-0.4, -0.2) is 9.98 Å². The van der Waals surface area contributed by atoms with Gasteiger partial charge in [-0.05, 0) is 12.1 Å². The fraction of sp³-hybridized carbons (Fsp3) is 0. The third kappa shape index (κ3) is 1.96. The van der Waals surface area contributed by atoms with Gasteiger partial charge in [0, 0.05) is 0 Å². The maximum atomic E-state index is 10.9. The van der Waals surface area contributed by atoms with Gasteiger partial charge in [-0.2, -0.15) is 4.79 Å². The van der Waals surface area contributed by atoms with E-state index in [2.05, 4.69) is 16.8 Å². The number of para-hydroxylation sites is 1. The van der Waals surface area contributed by atoms with Gasteiger partial charge in [0.15, 0.2) is 12.4 Å². The van der Waals surface area contributed by atoms with Crippen LogP contribution in [0.5, 0.6) is 0 Å². The molecular weight excluding hydrogens is 192 g/mol. The van der Waals surface area contributed by atoms with Crippen LogP contribution in [0.25, 0.3) is 0 Å². The monoisotopic (exact) mass is 197 g/mol. The van der Waals surface area contributed by atoms with Gasteiger partial charge in [-0.15, -0.1) is 0 Å². The van der Waals surface area contributed by atoms with Crippen molar-refractivity contribution < 1.29 is 8.74 Å². The Balaban J connectivity index is 2.93. The molecule has 0 spiro atoms. The fourth-order valence-electron chi connectivity index (χ4n) is 0.711. The number of rotatable bonds is 1. The summed E-state index contributed by atoms with van der Waals surface area (Å²) in [4.78, 5) is 10.9. The zero-order valence-corrected chi connectivity index (χ0v) is 7.64. The maximum absolute atomic E-state index is 10.9. The van der Waals surface area contributed by atoms with Crippen molar-refractivity contribution in [3.05, 3.63) is 30.3 Å². The van der Waals surface area contributed by atoms with Crippen molar-refractivity contribution in [2.24, 2.45) is 4.36 Å². The Labute approximate surface area is 80.4 Å². The van der Waals surface area contributed by atoms with Crippen LogP contribution in [0, 0.1) is 0 Å². The van der Waals surface area contributed by atoms with Gasteiger partial charge in [0.1, 0.15) is 5.69 Å². The summed E-state index contributed by atoms with van der Waals surface area (Å²) < 4.78 is 4.01. The molecule has 0 aliphatic carbocycles. The van der Waals surface area contributed by atoms with Gasteiger partial charge in [-0.1, -0.05) is 22.1 Å². The molecule has 5 heteroatoms. The minimum Gasteiger partial charge on any atom is -0.191 e. The number of nitrogens with zero attached hydrogens (tertiary/aromatic N) is 2. The summed E-state index contributed by atoms with van der Waals surface area (Å²) in [6.45, 7) is 0. The lowest BCUT2D eigenvalue weighted by Gasteiger charge is -1.91. The van der Waals surface area contributed by atoms with Gasteiger partial charge in [0.05, 0.1) is 4.36 Å². The molecule has 0 radical (unpaired) electrons. The summed E-state index contributed by atoms with van der Waals surface area (Å²) in [5, 5.41) is 0. The first kappa shape index (κ1) is 9.02. The zero-order valence-electron chi connectivity index (χ0n) is 6.01. The second-order valence-electron chi connectivity index (χ2n) is 2.00. The number of benzene rings is 1. The van der Waals surface area contributed by atoms with Crippen molar-refractivity contribution in [2.45, 2.75) is 0 Å². The molecule has 0 unspecified atom stereocenters. The predicted molar refractivity (Wildman–Crippen MR) is 48.9 cm³/mol. The summed E-state index contributed by atoms with van der Waals surface area (Å²) in [5.41, 5.74) is 0.603. The highest BCUT2D eigenvalue weighted by Crippen LogP contribution is 2.09. The molecule has 0 fully saturated rings. The van der Waals surface area contributed by atoms with E-state index in [4.69, 9.17) is 12.4 Å². The summed E-state index contributed by atoms with van der Waals surface area (Å²) >= 11 is 8.97. The summed E-state index contributed by atoms with van der Waals surface area (Å²) in [7, 11) is 0. The van der Waals surface area contributed by atoms with Crippen molar-refractivity contribution in [3.63, 3.8) is 0 Å². The molecule has 0 saturated carbocycles. The lowest BCUT2D eigenvalue weighted by atomic mass is 10.3. The molecule has 0 heterocycles. The predicted octanol–water partition coefficient (Wildman–Crippen LogP) is 1.91. The third-order valence-electron chi connectivity index (χ3n) is 1.24. The first-order chi connectivity index (χ1) is 5.75. The number of urea groups is 1. The van der Waals surface area contributed by atoms with E-state index >= 15 is 0 Å². The average Bonchev–Trinajstić information content (AvgIpc) is 2.17. The van der Waals surface area contributed by atoms with Crippen molar-refractivity contribution in [3.8, 4) is 0 Å². The molecule has 1 aromatic rings. The van der Waals surface area contributed by atoms with Crippen molar-refractivity contribution in [1.82, 2.24) is 0 Å². The molecule has 0 N–H and O–H groups in total. The molecule has 0 bridgehead atoms. The third-order valence-corrected chi connectivity index (χ3v) is 1.77. The lowest BCUT2D eigenvalue weighted by Crippen LogP contribution is -2.06. The summed E-state index contributed by atoms with van der Waals surface area (Å²) in [5.74, 6) is 0. The highest BCUT2D eigenvalue weighted by Gasteiger charge is 2.17.